The second-order valence-electron chi connectivity index (χ2n) is 3.62. The second kappa shape index (κ2) is 7.86. The quantitative estimate of drug-likeness (QED) is 0.675. The molecule has 0 nitrogen and oxygen atoms in total. The minimum absolute atomic E-state index is 1.10. The average Bonchev–Trinajstić information content (AvgIpc) is 2.48. The van der Waals surface area contributed by atoms with Crippen molar-refractivity contribution in [3.63, 3.8) is 0 Å². The maximum atomic E-state index is 3.75. The topological polar surface area (TPSA) is 0 Å². The molecule has 0 spiro atoms. The molecule has 0 heteroatoms. The molecule has 0 unspecified atom stereocenters. The summed E-state index contributed by atoms with van der Waals surface area (Å²) in [5.74, 6) is 0. The van der Waals surface area contributed by atoms with E-state index in [0.29, 0.717) is 0 Å². The van der Waals surface area contributed by atoms with Crippen LogP contribution in [0.15, 0.2) is 74.3 Å². The molecule has 2 aromatic rings. The zero-order valence-electron chi connectivity index (χ0n) is 10.5. The van der Waals surface area contributed by atoms with Gasteiger partial charge in [-0.05, 0) is 16.7 Å². The van der Waals surface area contributed by atoms with Crippen LogP contribution in [-0.2, 0) is 0 Å². The highest BCUT2D eigenvalue weighted by Crippen LogP contribution is 2.17. The molecule has 90 valence electrons. The van der Waals surface area contributed by atoms with Gasteiger partial charge in [-0.3, -0.25) is 0 Å². The van der Waals surface area contributed by atoms with E-state index in [-0.39, 0.29) is 0 Å². The number of rotatable bonds is 3. The molecule has 0 aromatic heterocycles. The fourth-order valence-electron chi connectivity index (χ4n) is 1.58. The second-order valence-corrected chi connectivity index (χ2v) is 3.62. The highest BCUT2D eigenvalue weighted by molar-refractivity contribution is 5.72. The SMILES string of the molecule is C=Cc1cccc(C=C)c1C=C.c1ccccc1. The Hall–Kier alpha value is -2.34. The Morgan fingerprint density at radius 3 is 1.22 bits per heavy atom. The van der Waals surface area contributed by atoms with Crippen molar-refractivity contribution >= 4 is 18.2 Å². The summed E-state index contributed by atoms with van der Waals surface area (Å²) < 4.78 is 0. The van der Waals surface area contributed by atoms with Gasteiger partial charge in [-0.15, -0.1) is 0 Å². The van der Waals surface area contributed by atoms with E-state index in [9.17, 15) is 0 Å². The summed E-state index contributed by atoms with van der Waals surface area (Å²) in [4.78, 5) is 0. The van der Waals surface area contributed by atoms with Gasteiger partial charge in [0.25, 0.3) is 0 Å². The van der Waals surface area contributed by atoms with E-state index in [1.165, 1.54) is 0 Å². The van der Waals surface area contributed by atoms with Crippen molar-refractivity contribution in [2.75, 3.05) is 0 Å². The summed E-state index contributed by atoms with van der Waals surface area (Å²) in [5.41, 5.74) is 3.30. The summed E-state index contributed by atoms with van der Waals surface area (Å²) in [6.45, 7) is 11.2. The van der Waals surface area contributed by atoms with Crippen LogP contribution in [0.3, 0.4) is 0 Å². The van der Waals surface area contributed by atoms with Gasteiger partial charge in [0.2, 0.25) is 0 Å². The lowest BCUT2D eigenvalue weighted by Crippen LogP contribution is -1.84. The van der Waals surface area contributed by atoms with Gasteiger partial charge in [0.1, 0.15) is 0 Å². The Labute approximate surface area is 110 Å². The minimum Gasteiger partial charge on any atom is -0.0984 e. The van der Waals surface area contributed by atoms with Gasteiger partial charge in [-0.1, -0.05) is 92.6 Å². The molecule has 0 saturated heterocycles. The summed E-state index contributed by atoms with van der Waals surface area (Å²) in [7, 11) is 0. The third-order valence-electron chi connectivity index (χ3n) is 2.48. The molecule has 0 saturated carbocycles. The predicted molar refractivity (Wildman–Crippen MR) is 83.2 cm³/mol. The van der Waals surface area contributed by atoms with Gasteiger partial charge in [0.05, 0.1) is 0 Å². The van der Waals surface area contributed by atoms with Crippen molar-refractivity contribution in [2.45, 2.75) is 0 Å². The maximum Gasteiger partial charge on any atom is -0.0118 e. The lowest BCUT2D eigenvalue weighted by molar-refractivity contribution is 1.58. The van der Waals surface area contributed by atoms with Gasteiger partial charge >= 0.3 is 0 Å². The van der Waals surface area contributed by atoms with Gasteiger partial charge in [-0.25, -0.2) is 0 Å². The van der Waals surface area contributed by atoms with Crippen LogP contribution in [0.1, 0.15) is 16.7 Å². The largest absolute Gasteiger partial charge is 0.0984 e. The maximum absolute atomic E-state index is 3.75. The van der Waals surface area contributed by atoms with Gasteiger partial charge < -0.3 is 0 Å². The molecule has 0 bridgehead atoms. The summed E-state index contributed by atoms with van der Waals surface area (Å²) >= 11 is 0. The molecule has 0 aliphatic heterocycles. The molecule has 0 heterocycles. The van der Waals surface area contributed by atoms with Crippen molar-refractivity contribution in [3.05, 3.63) is 91.0 Å². The Morgan fingerprint density at radius 2 is 0.944 bits per heavy atom. The van der Waals surface area contributed by atoms with E-state index in [0.717, 1.165) is 16.7 Å². The summed E-state index contributed by atoms with van der Waals surface area (Å²) in [6, 6.07) is 18.0. The predicted octanol–water partition coefficient (Wildman–Crippen LogP) is 5.30. The van der Waals surface area contributed by atoms with Crippen molar-refractivity contribution < 1.29 is 0 Å². The number of hydrogen-bond donors (Lipinski definition) is 0. The highest BCUT2D eigenvalue weighted by Gasteiger charge is 1.97. The standard InChI is InChI=1S/C12H12.C6H6/c1-4-10-8-7-9-11(5-2)12(10)6-3;1-2-4-6-5-3-1/h4-9H,1-3H2;1-6H. The zero-order chi connectivity index (χ0) is 13.2. The fourth-order valence-corrected chi connectivity index (χ4v) is 1.58. The van der Waals surface area contributed by atoms with Crippen molar-refractivity contribution in [2.24, 2.45) is 0 Å². The first kappa shape index (κ1) is 13.7. The van der Waals surface area contributed by atoms with Crippen LogP contribution >= 0.6 is 0 Å². The zero-order valence-corrected chi connectivity index (χ0v) is 10.5. The Kier molecular flexibility index (Phi) is 5.99. The van der Waals surface area contributed by atoms with Gasteiger partial charge in [-0.2, -0.15) is 0 Å². The van der Waals surface area contributed by atoms with Crippen LogP contribution in [0.25, 0.3) is 18.2 Å². The first-order valence-corrected chi connectivity index (χ1v) is 5.83. The van der Waals surface area contributed by atoms with Crippen molar-refractivity contribution in [3.8, 4) is 0 Å². The van der Waals surface area contributed by atoms with E-state index >= 15 is 0 Å². The smallest absolute Gasteiger partial charge is 0.0118 e. The number of benzene rings is 2. The van der Waals surface area contributed by atoms with E-state index in [1.807, 2.05) is 72.8 Å². The molecular weight excluding hydrogens is 216 g/mol. The molecule has 0 radical (unpaired) electrons. The van der Waals surface area contributed by atoms with Crippen molar-refractivity contribution in [1.29, 1.82) is 0 Å². The summed E-state index contributed by atoms with van der Waals surface area (Å²) in [6.07, 6.45) is 5.47. The minimum atomic E-state index is 1.10. The van der Waals surface area contributed by atoms with Gasteiger partial charge in [0.15, 0.2) is 0 Å². The Bertz CT molecular complexity index is 454. The lowest BCUT2D eigenvalue weighted by atomic mass is 10.0. The van der Waals surface area contributed by atoms with Crippen LogP contribution in [0.5, 0.6) is 0 Å². The monoisotopic (exact) mass is 234 g/mol. The first-order chi connectivity index (χ1) is 8.83. The average molecular weight is 234 g/mol. The molecule has 0 atom stereocenters. The molecule has 2 aromatic carbocycles. The van der Waals surface area contributed by atoms with Crippen LogP contribution in [0.4, 0.5) is 0 Å². The normalized spacial score (nSPS) is 8.67. The molecule has 0 fully saturated rings. The van der Waals surface area contributed by atoms with Gasteiger partial charge in [0, 0.05) is 0 Å². The van der Waals surface area contributed by atoms with Crippen LogP contribution in [0.2, 0.25) is 0 Å². The van der Waals surface area contributed by atoms with E-state index < -0.39 is 0 Å². The highest BCUT2D eigenvalue weighted by atomic mass is 14.0. The molecule has 0 aliphatic rings. The third-order valence-corrected chi connectivity index (χ3v) is 2.48. The fraction of sp³-hybridized carbons (Fsp3) is 0. The van der Waals surface area contributed by atoms with Crippen molar-refractivity contribution in [1.82, 2.24) is 0 Å². The van der Waals surface area contributed by atoms with E-state index in [4.69, 9.17) is 0 Å². The lowest BCUT2D eigenvalue weighted by Gasteiger charge is -2.03. The summed E-state index contributed by atoms with van der Waals surface area (Å²) in [5, 5.41) is 0. The molecular formula is C18H18. The molecule has 0 aliphatic carbocycles. The van der Waals surface area contributed by atoms with Crippen LogP contribution in [0, 0.1) is 0 Å². The van der Waals surface area contributed by atoms with E-state index in [2.05, 4.69) is 19.7 Å². The number of hydrogen-bond acceptors (Lipinski definition) is 0. The molecule has 2 rings (SSSR count). The Balaban J connectivity index is 0.000000225. The molecule has 0 amide bonds. The van der Waals surface area contributed by atoms with Crippen LogP contribution < -0.4 is 0 Å². The molecule has 18 heavy (non-hydrogen) atoms. The van der Waals surface area contributed by atoms with Crippen LogP contribution in [-0.4, -0.2) is 0 Å². The first-order valence-electron chi connectivity index (χ1n) is 5.83. The van der Waals surface area contributed by atoms with E-state index in [1.54, 1.807) is 0 Å². The Morgan fingerprint density at radius 1 is 0.556 bits per heavy atom. The molecule has 0 N–H and O–H groups in total. The third kappa shape index (κ3) is 3.91.